The predicted molar refractivity (Wildman–Crippen MR) is 67.3 cm³/mol. The maximum atomic E-state index is 14.5. The van der Waals surface area contributed by atoms with Gasteiger partial charge in [-0.2, -0.15) is 8.78 Å². The van der Waals surface area contributed by atoms with E-state index in [1.165, 1.54) is 7.11 Å². The van der Waals surface area contributed by atoms with Gasteiger partial charge in [0.15, 0.2) is 0 Å². The van der Waals surface area contributed by atoms with Crippen LogP contribution in [0.2, 0.25) is 0 Å². The second-order valence-electron chi connectivity index (χ2n) is 4.66. The van der Waals surface area contributed by atoms with Gasteiger partial charge in [-0.15, -0.1) is 0 Å². The normalized spacial score (nSPS) is 20.1. The topological polar surface area (TPSA) is 21.3 Å². The Hall–Kier alpha value is -1.16. The third-order valence-electron chi connectivity index (χ3n) is 3.53. The number of benzene rings is 1. The van der Waals surface area contributed by atoms with Crippen molar-refractivity contribution in [1.82, 2.24) is 5.32 Å². The van der Waals surface area contributed by atoms with Gasteiger partial charge in [-0.05, 0) is 43.5 Å². The van der Waals surface area contributed by atoms with E-state index in [2.05, 4.69) is 5.32 Å². The molecule has 0 amide bonds. The van der Waals surface area contributed by atoms with Crippen molar-refractivity contribution in [3.8, 4) is 5.75 Å². The predicted octanol–water partition coefficient (Wildman–Crippen LogP) is 3.10. The summed E-state index contributed by atoms with van der Waals surface area (Å²) in [6.07, 6.45) is 2.05. The molecule has 2 nitrogen and oxygen atoms in total. The Labute approximate surface area is 106 Å². The third kappa shape index (κ3) is 2.34. The lowest BCUT2D eigenvalue weighted by Crippen LogP contribution is -2.38. The quantitative estimate of drug-likeness (QED) is 0.892. The molecule has 1 N–H and O–H groups in total. The molecular weight excluding hydrogens is 236 g/mol. The largest absolute Gasteiger partial charge is 0.496 e. The molecule has 0 aromatic heterocycles. The molecule has 0 spiro atoms. The second-order valence-corrected chi connectivity index (χ2v) is 4.66. The average Bonchev–Trinajstić information content (AvgIpc) is 2.92. The highest BCUT2D eigenvalue weighted by Crippen LogP contribution is 2.40. The van der Waals surface area contributed by atoms with Crippen LogP contribution in [0.15, 0.2) is 18.2 Å². The summed E-state index contributed by atoms with van der Waals surface area (Å²) in [6.45, 7) is 2.62. The molecule has 4 heteroatoms. The Morgan fingerprint density at radius 2 is 2.22 bits per heavy atom. The van der Waals surface area contributed by atoms with Crippen LogP contribution in [0.4, 0.5) is 8.78 Å². The molecule has 100 valence electrons. The van der Waals surface area contributed by atoms with Crippen molar-refractivity contribution in [2.45, 2.75) is 38.2 Å². The van der Waals surface area contributed by atoms with Crippen LogP contribution in [-0.4, -0.2) is 19.7 Å². The summed E-state index contributed by atoms with van der Waals surface area (Å²) in [7, 11) is 1.43. The first kappa shape index (κ1) is 13.3. The molecule has 0 aliphatic carbocycles. The van der Waals surface area contributed by atoms with Crippen molar-refractivity contribution in [1.29, 1.82) is 0 Å². The van der Waals surface area contributed by atoms with Gasteiger partial charge in [0.1, 0.15) is 5.75 Å². The van der Waals surface area contributed by atoms with Crippen molar-refractivity contribution >= 4 is 0 Å². The van der Waals surface area contributed by atoms with Crippen molar-refractivity contribution in [3.05, 3.63) is 29.3 Å². The molecule has 1 heterocycles. The van der Waals surface area contributed by atoms with Gasteiger partial charge in [-0.25, -0.2) is 0 Å². The monoisotopic (exact) mass is 255 g/mol. The number of alkyl halides is 2. The minimum absolute atomic E-state index is 0.00347. The fourth-order valence-electron chi connectivity index (χ4n) is 2.42. The number of hydrogen-bond donors (Lipinski definition) is 1. The van der Waals surface area contributed by atoms with Crippen LogP contribution < -0.4 is 10.1 Å². The van der Waals surface area contributed by atoms with Crippen molar-refractivity contribution in [2.24, 2.45) is 0 Å². The average molecular weight is 255 g/mol. The minimum Gasteiger partial charge on any atom is -0.496 e. The fraction of sp³-hybridized carbons (Fsp3) is 0.571. The van der Waals surface area contributed by atoms with Crippen LogP contribution >= 0.6 is 0 Å². The highest BCUT2D eigenvalue weighted by Gasteiger charge is 2.44. The number of methoxy groups -OCH3 is 1. The fourth-order valence-corrected chi connectivity index (χ4v) is 2.42. The number of nitrogens with one attached hydrogen (secondary N) is 1. The molecule has 1 aromatic rings. The molecular formula is C14H19F2NO. The number of halogens is 2. The van der Waals surface area contributed by atoms with Crippen LogP contribution in [-0.2, 0) is 12.3 Å². The summed E-state index contributed by atoms with van der Waals surface area (Å²) in [6, 6.07) is 4.26. The molecule has 1 aliphatic heterocycles. The molecule has 1 saturated heterocycles. The SMILES string of the molecule is CCc1ccc(OC)c(C(F)(F)C2CCCN2)c1. The first-order chi connectivity index (χ1) is 8.59. The maximum Gasteiger partial charge on any atom is 0.291 e. The standard InChI is InChI=1S/C14H19F2NO/c1-3-10-6-7-12(18-2)11(9-10)14(15,16)13-5-4-8-17-13/h6-7,9,13,17H,3-5,8H2,1-2H3. The van der Waals surface area contributed by atoms with Gasteiger partial charge in [0.25, 0.3) is 5.92 Å². The Kier molecular flexibility index (Phi) is 3.85. The van der Waals surface area contributed by atoms with E-state index in [4.69, 9.17) is 4.74 Å². The van der Waals surface area contributed by atoms with Crippen LogP contribution in [0.3, 0.4) is 0 Å². The highest BCUT2D eigenvalue weighted by molar-refractivity contribution is 5.41. The van der Waals surface area contributed by atoms with Gasteiger partial charge in [0.05, 0.1) is 18.7 Å². The van der Waals surface area contributed by atoms with E-state index in [0.717, 1.165) is 18.4 Å². The molecule has 2 rings (SSSR count). The van der Waals surface area contributed by atoms with E-state index < -0.39 is 12.0 Å². The van der Waals surface area contributed by atoms with E-state index in [1.807, 2.05) is 13.0 Å². The summed E-state index contributed by atoms with van der Waals surface area (Å²) < 4.78 is 34.0. The van der Waals surface area contributed by atoms with Gasteiger partial charge < -0.3 is 10.1 Å². The van der Waals surface area contributed by atoms with E-state index >= 15 is 0 Å². The van der Waals surface area contributed by atoms with Gasteiger partial charge in [-0.1, -0.05) is 13.0 Å². The first-order valence-electron chi connectivity index (χ1n) is 6.38. The number of aryl methyl sites for hydroxylation is 1. The maximum absolute atomic E-state index is 14.5. The number of hydrogen-bond acceptors (Lipinski definition) is 2. The van der Waals surface area contributed by atoms with E-state index in [1.54, 1.807) is 12.1 Å². The highest BCUT2D eigenvalue weighted by atomic mass is 19.3. The summed E-state index contributed by atoms with van der Waals surface area (Å²) >= 11 is 0. The second kappa shape index (κ2) is 5.22. The van der Waals surface area contributed by atoms with Gasteiger partial charge in [-0.3, -0.25) is 0 Å². The molecule has 0 radical (unpaired) electrons. The zero-order chi connectivity index (χ0) is 13.2. The van der Waals surface area contributed by atoms with Crippen molar-refractivity contribution in [3.63, 3.8) is 0 Å². The lowest BCUT2D eigenvalue weighted by molar-refractivity contribution is -0.0395. The molecule has 18 heavy (non-hydrogen) atoms. The molecule has 0 bridgehead atoms. The minimum atomic E-state index is -2.88. The molecule has 1 unspecified atom stereocenters. The molecule has 1 atom stereocenters. The van der Waals surface area contributed by atoms with E-state index in [9.17, 15) is 8.78 Å². The van der Waals surface area contributed by atoms with Gasteiger partial charge in [0, 0.05) is 0 Å². The first-order valence-corrected chi connectivity index (χ1v) is 6.38. The lowest BCUT2D eigenvalue weighted by atomic mass is 9.96. The zero-order valence-electron chi connectivity index (χ0n) is 10.8. The smallest absolute Gasteiger partial charge is 0.291 e. The summed E-state index contributed by atoms with van der Waals surface area (Å²) in [5, 5.41) is 2.88. The summed E-state index contributed by atoms with van der Waals surface area (Å²) in [4.78, 5) is 0. The number of ether oxygens (including phenoxy) is 1. The van der Waals surface area contributed by atoms with Crippen molar-refractivity contribution < 1.29 is 13.5 Å². The van der Waals surface area contributed by atoms with Crippen LogP contribution in [0.25, 0.3) is 0 Å². The van der Waals surface area contributed by atoms with Crippen LogP contribution in [0, 0.1) is 0 Å². The van der Waals surface area contributed by atoms with Crippen LogP contribution in [0.5, 0.6) is 5.75 Å². The lowest BCUT2D eigenvalue weighted by Gasteiger charge is -2.25. The van der Waals surface area contributed by atoms with Gasteiger partial charge >= 0.3 is 0 Å². The molecule has 0 saturated carbocycles. The molecule has 1 aromatic carbocycles. The van der Waals surface area contributed by atoms with E-state index in [0.29, 0.717) is 13.0 Å². The third-order valence-corrected chi connectivity index (χ3v) is 3.53. The van der Waals surface area contributed by atoms with Crippen molar-refractivity contribution in [2.75, 3.05) is 13.7 Å². The Bertz CT molecular complexity index is 414. The summed E-state index contributed by atoms with van der Waals surface area (Å²) in [5.41, 5.74) is 0.909. The van der Waals surface area contributed by atoms with E-state index in [-0.39, 0.29) is 11.3 Å². The zero-order valence-corrected chi connectivity index (χ0v) is 10.8. The Balaban J connectivity index is 2.40. The molecule has 1 aliphatic rings. The molecule has 1 fully saturated rings. The van der Waals surface area contributed by atoms with Gasteiger partial charge in [0.2, 0.25) is 0 Å². The Morgan fingerprint density at radius 3 is 2.78 bits per heavy atom. The number of rotatable bonds is 4. The summed E-state index contributed by atoms with van der Waals surface area (Å²) in [5.74, 6) is -2.61. The Morgan fingerprint density at radius 1 is 1.44 bits per heavy atom. The van der Waals surface area contributed by atoms with Crippen LogP contribution in [0.1, 0.15) is 30.9 Å².